The van der Waals surface area contributed by atoms with Crippen molar-refractivity contribution in [1.82, 2.24) is 0 Å². The van der Waals surface area contributed by atoms with E-state index in [1.807, 2.05) is 31.2 Å². The maximum absolute atomic E-state index is 12.8. The van der Waals surface area contributed by atoms with Crippen molar-refractivity contribution >= 4 is 17.6 Å². The minimum absolute atomic E-state index is 0.00337. The summed E-state index contributed by atoms with van der Waals surface area (Å²) in [6.45, 7) is 8.66. The molecule has 39 heavy (non-hydrogen) atoms. The molecule has 1 amide bonds. The Hall–Kier alpha value is -4.01. The monoisotopic (exact) mass is 543 g/mol. The molecule has 0 heterocycles. The van der Waals surface area contributed by atoms with Crippen molar-refractivity contribution < 1.29 is 37.3 Å². The second-order valence-corrected chi connectivity index (χ2v) is 10.1. The van der Waals surface area contributed by atoms with E-state index in [0.717, 1.165) is 28.9 Å². The van der Waals surface area contributed by atoms with Gasteiger partial charge in [-0.2, -0.15) is 0 Å². The van der Waals surface area contributed by atoms with Crippen molar-refractivity contribution in [3.05, 3.63) is 77.9 Å². The van der Waals surface area contributed by atoms with Crippen molar-refractivity contribution in [2.45, 2.75) is 58.9 Å². The molecule has 0 bridgehead atoms. The van der Waals surface area contributed by atoms with Gasteiger partial charge < -0.3 is 14.6 Å². The molecule has 0 aliphatic heterocycles. The summed E-state index contributed by atoms with van der Waals surface area (Å²) in [5, 5.41) is 9.53. The van der Waals surface area contributed by atoms with Gasteiger partial charge in [0.1, 0.15) is 11.5 Å². The summed E-state index contributed by atoms with van der Waals surface area (Å²) in [4.78, 5) is 25.6. The Balaban J connectivity index is 2.02. The Bertz CT molecular complexity index is 1280. The van der Waals surface area contributed by atoms with Crippen LogP contribution in [0.5, 0.6) is 11.5 Å². The van der Waals surface area contributed by atoms with Crippen molar-refractivity contribution in [2.75, 3.05) is 11.5 Å². The lowest BCUT2D eigenvalue weighted by Crippen LogP contribution is -2.36. The molecular formula is C30H32F3NO5. The second-order valence-electron chi connectivity index (χ2n) is 10.1. The minimum atomic E-state index is -4.82. The van der Waals surface area contributed by atoms with Crippen LogP contribution in [0.1, 0.15) is 51.7 Å². The number of carboxylic acids is 1. The van der Waals surface area contributed by atoms with Gasteiger partial charge in [-0.15, -0.1) is 13.2 Å². The zero-order chi connectivity index (χ0) is 28.8. The third-order valence-electron chi connectivity index (χ3n) is 6.02. The van der Waals surface area contributed by atoms with Crippen molar-refractivity contribution in [1.29, 1.82) is 0 Å². The molecule has 0 atom stereocenters. The van der Waals surface area contributed by atoms with Gasteiger partial charge in [0.25, 0.3) is 0 Å². The van der Waals surface area contributed by atoms with Crippen LogP contribution in [0.25, 0.3) is 11.1 Å². The molecule has 6 nitrogen and oxygen atoms in total. The summed E-state index contributed by atoms with van der Waals surface area (Å²) in [7, 11) is 0. The number of hydrogen-bond donors (Lipinski definition) is 1. The van der Waals surface area contributed by atoms with Crippen molar-refractivity contribution in [2.24, 2.45) is 0 Å². The molecule has 0 saturated heterocycles. The smallest absolute Gasteiger partial charge is 0.493 e. The number of carbonyl (C=O) groups excluding carboxylic acids is 1. The number of ether oxygens (including phenoxy) is 2. The van der Waals surface area contributed by atoms with Gasteiger partial charge in [0.15, 0.2) is 0 Å². The van der Waals surface area contributed by atoms with E-state index in [0.29, 0.717) is 29.2 Å². The number of anilines is 1. The lowest BCUT2D eigenvalue weighted by Gasteiger charge is -2.24. The number of unbranched alkanes of at least 4 members (excludes halogenated alkanes) is 1. The van der Waals surface area contributed by atoms with Crippen molar-refractivity contribution in [3.8, 4) is 22.6 Å². The highest BCUT2D eigenvalue weighted by atomic mass is 19.4. The maximum Gasteiger partial charge on any atom is 0.573 e. The van der Waals surface area contributed by atoms with E-state index in [-0.39, 0.29) is 17.7 Å². The lowest BCUT2D eigenvalue weighted by molar-refractivity contribution is -0.274. The first-order valence-electron chi connectivity index (χ1n) is 12.6. The van der Waals surface area contributed by atoms with Gasteiger partial charge in [-0.3, -0.25) is 9.69 Å². The molecule has 0 aliphatic rings. The van der Waals surface area contributed by atoms with Crippen LogP contribution in [0, 0.1) is 0 Å². The van der Waals surface area contributed by atoms with E-state index in [1.165, 1.54) is 24.3 Å². The van der Waals surface area contributed by atoms with Gasteiger partial charge in [-0.25, -0.2) is 4.79 Å². The molecule has 0 unspecified atom stereocenters. The molecule has 0 fully saturated rings. The van der Waals surface area contributed by atoms with Crippen LogP contribution in [0.15, 0.2) is 66.7 Å². The zero-order valence-corrected chi connectivity index (χ0v) is 22.3. The molecule has 9 heteroatoms. The van der Waals surface area contributed by atoms with E-state index in [9.17, 15) is 27.9 Å². The first kappa shape index (κ1) is 29.5. The molecule has 3 aromatic rings. The van der Waals surface area contributed by atoms with E-state index in [2.05, 4.69) is 25.5 Å². The largest absolute Gasteiger partial charge is 0.573 e. The van der Waals surface area contributed by atoms with E-state index < -0.39 is 18.2 Å². The molecule has 0 spiro atoms. The van der Waals surface area contributed by atoms with Gasteiger partial charge in [-0.1, -0.05) is 70.5 Å². The number of rotatable bonds is 9. The van der Waals surface area contributed by atoms with Gasteiger partial charge >= 0.3 is 18.2 Å². The molecule has 3 aromatic carbocycles. The lowest BCUT2D eigenvalue weighted by atomic mass is 9.87. The van der Waals surface area contributed by atoms with Crippen LogP contribution in [-0.4, -0.2) is 30.0 Å². The van der Waals surface area contributed by atoms with E-state index in [1.54, 1.807) is 18.2 Å². The summed E-state index contributed by atoms with van der Waals surface area (Å²) in [6, 6.07) is 17.7. The second kappa shape index (κ2) is 12.2. The summed E-state index contributed by atoms with van der Waals surface area (Å²) < 4.78 is 47.7. The summed E-state index contributed by atoms with van der Waals surface area (Å²) >= 11 is 0. The number of aliphatic carboxylic acids is 1. The first-order valence-corrected chi connectivity index (χ1v) is 12.6. The van der Waals surface area contributed by atoms with Gasteiger partial charge in [0, 0.05) is 11.3 Å². The van der Waals surface area contributed by atoms with Crippen LogP contribution < -0.4 is 14.4 Å². The Kier molecular flexibility index (Phi) is 9.27. The third-order valence-corrected chi connectivity index (χ3v) is 6.02. The number of alkyl halides is 3. The molecule has 0 aliphatic carbocycles. The molecule has 0 aromatic heterocycles. The topological polar surface area (TPSA) is 76.1 Å². The van der Waals surface area contributed by atoms with Gasteiger partial charge in [0.05, 0.1) is 13.2 Å². The highest BCUT2D eigenvalue weighted by Crippen LogP contribution is 2.36. The molecular weight excluding hydrogens is 511 g/mol. The Morgan fingerprint density at radius 2 is 1.56 bits per heavy atom. The summed E-state index contributed by atoms with van der Waals surface area (Å²) in [5.74, 6) is -2.65. The normalized spacial score (nSPS) is 11.7. The van der Waals surface area contributed by atoms with Crippen LogP contribution in [0.3, 0.4) is 0 Å². The summed E-state index contributed by atoms with van der Waals surface area (Å²) in [5.41, 5.74) is 3.06. The van der Waals surface area contributed by atoms with Crippen LogP contribution >= 0.6 is 0 Å². The third kappa shape index (κ3) is 8.24. The maximum atomic E-state index is 12.8. The number of hydrogen-bond acceptors (Lipinski definition) is 4. The van der Waals surface area contributed by atoms with Gasteiger partial charge in [-0.05, 0) is 58.9 Å². The molecule has 1 N–H and O–H groups in total. The fraction of sp³-hybridized carbons (Fsp3) is 0.333. The number of nitrogens with zero attached hydrogens (tertiary/aromatic N) is 1. The van der Waals surface area contributed by atoms with E-state index >= 15 is 0 Å². The van der Waals surface area contributed by atoms with Gasteiger partial charge in [0.2, 0.25) is 0 Å². The minimum Gasteiger partial charge on any atom is -0.493 e. The van der Waals surface area contributed by atoms with Crippen LogP contribution in [0.4, 0.5) is 18.9 Å². The number of carbonyl (C=O) groups is 2. The van der Waals surface area contributed by atoms with Crippen LogP contribution in [0.2, 0.25) is 0 Å². The number of benzene rings is 3. The molecule has 0 saturated carbocycles. The number of amides is 1. The predicted octanol–water partition coefficient (Wildman–Crippen LogP) is 7.35. The number of carboxylic acid groups (broad SMARTS) is 1. The molecule has 0 radical (unpaired) electrons. The van der Waals surface area contributed by atoms with Crippen molar-refractivity contribution in [3.63, 3.8) is 0 Å². The zero-order valence-electron chi connectivity index (χ0n) is 22.3. The Morgan fingerprint density at radius 1 is 0.923 bits per heavy atom. The average molecular weight is 544 g/mol. The van der Waals surface area contributed by atoms with E-state index in [4.69, 9.17) is 4.74 Å². The predicted molar refractivity (Wildman–Crippen MR) is 143 cm³/mol. The average Bonchev–Trinajstić information content (AvgIpc) is 2.86. The Morgan fingerprint density at radius 3 is 2.10 bits per heavy atom. The molecule has 3 rings (SSSR count). The SMILES string of the molecule is CCCCOc1ccc(N(Cc2ccc(C(C)(C)C)cc2)C(=O)C(=O)O)cc1-c1ccc(OC(F)(F)F)cc1. The first-order chi connectivity index (χ1) is 18.3. The highest BCUT2D eigenvalue weighted by molar-refractivity contribution is 6.37. The fourth-order valence-corrected chi connectivity index (χ4v) is 3.89. The summed E-state index contributed by atoms with van der Waals surface area (Å²) in [6.07, 6.45) is -3.14. The number of halogens is 3. The standard InChI is InChI=1S/C30H32F3NO5/c1-5-6-17-38-26-16-13-23(18-25(26)21-9-14-24(15-10-21)39-30(31,32)33)34(27(35)28(36)37)19-20-7-11-22(12-8-20)29(2,3)4/h7-16,18H,5-6,17,19H2,1-4H3,(H,36,37). The fourth-order valence-electron chi connectivity index (χ4n) is 3.89. The quantitative estimate of drug-likeness (QED) is 0.226. The highest BCUT2D eigenvalue weighted by Gasteiger charge is 2.31. The molecule has 208 valence electrons. The van der Waals surface area contributed by atoms with Crippen LogP contribution in [-0.2, 0) is 21.5 Å². The Labute approximate surface area is 226 Å².